The van der Waals surface area contributed by atoms with Crippen LogP contribution in [0.25, 0.3) is 0 Å². The minimum atomic E-state index is -1.20. The Bertz CT molecular complexity index is 484. The van der Waals surface area contributed by atoms with Gasteiger partial charge in [-0.05, 0) is 25.0 Å². The van der Waals surface area contributed by atoms with Gasteiger partial charge >= 0.3 is 29.6 Å². The normalized spacial score (nSPS) is 18.6. The van der Waals surface area contributed by atoms with Gasteiger partial charge in [0.1, 0.15) is 0 Å². The summed E-state index contributed by atoms with van der Waals surface area (Å²) in [6.07, 6.45) is 2.02. The third-order valence-electron chi connectivity index (χ3n) is 3.96. The molecule has 1 saturated heterocycles. The van der Waals surface area contributed by atoms with Crippen molar-refractivity contribution in [3.63, 3.8) is 0 Å². The molecule has 1 heterocycles. The Labute approximate surface area is 142 Å². The van der Waals surface area contributed by atoms with Crippen LogP contribution < -0.4 is 40.0 Å². The van der Waals surface area contributed by atoms with E-state index in [1.54, 1.807) is 0 Å². The minimum absolute atomic E-state index is 0. The van der Waals surface area contributed by atoms with Crippen LogP contribution in [0.5, 0.6) is 0 Å². The number of hydrogen-bond acceptors (Lipinski definition) is 2. The maximum Gasteiger partial charge on any atom is 1.00 e. The van der Waals surface area contributed by atoms with Gasteiger partial charge in [0.15, 0.2) is 0 Å². The van der Waals surface area contributed by atoms with E-state index in [2.05, 4.69) is 5.32 Å². The van der Waals surface area contributed by atoms with E-state index in [9.17, 15) is 5.11 Å². The summed E-state index contributed by atoms with van der Waals surface area (Å²) in [7, 11) is 0. The zero-order valence-corrected chi connectivity index (χ0v) is 13.9. The quantitative estimate of drug-likeness (QED) is 0.733. The Morgan fingerprint density at radius 1 is 0.900 bits per heavy atom. The van der Waals surface area contributed by atoms with Crippen LogP contribution in [0.15, 0.2) is 60.7 Å². The van der Waals surface area contributed by atoms with E-state index >= 15 is 0 Å². The Hall–Kier alpha value is -0.640. The Morgan fingerprint density at radius 2 is 1.40 bits per heavy atom. The summed E-state index contributed by atoms with van der Waals surface area (Å²) >= 11 is 0. The summed E-state index contributed by atoms with van der Waals surface area (Å²) < 4.78 is 0. The molecule has 0 amide bonds. The van der Waals surface area contributed by atoms with Crippen LogP contribution >= 0.6 is 0 Å². The molecule has 2 nitrogen and oxygen atoms in total. The topological polar surface area (TPSA) is 35.1 Å². The maximum absolute atomic E-state index is 13.6. The second-order valence-electron chi connectivity index (χ2n) is 5.12. The van der Waals surface area contributed by atoms with Gasteiger partial charge in [-0.25, -0.2) is 0 Å². The standard InChI is InChI=1S/C17H18NO.Na/c19-17(16-12-7-13-18-16,14-8-3-1-4-9-14)15-10-5-2-6-11-15;/h1-6,8-11,16,18H,7,12-13H2;/q-1;+1/t16-;/m0./s1. The molecule has 0 bridgehead atoms. The number of hydrogen-bond donors (Lipinski definition) is 1. The molecule has 0 aliphatic carbocycles. The Kier molecular flexibility index (Phi) is 5.42. The first-order valence-electron chi connectivity index (χ1n) is 6.86. The molecule has 0 spiro atoms. The third-order valence-corrected chi connectivity index (χ3v) is 3.96. The summed E-state index contributed by atoms with van der Waals surface area (Å²) in [4.78, 5) is 0. The SMILES string of the molecule is [Na+].[O-]C(c1ccccc1)(c1ccccc1)[C@@H]1CCCN1. The fourth-order valence-electron chi connectivity index (χ4n) is 2.97. The van der Waals surface area contributed by atoms with Gasteiger partial charge in [0, 0.05) is 6.04 Å². The average molecular weight is 275 g/mol. The van der Waals surface area contributed by atoms with Gasteiger partial charge in [0.05, 0.1) is 0 Å². The summed E-state index contributed by atoms with van der Waals surface area (Å²) in [5, 5.41) is 17.0. The van der Waals surface area contributed by atoms with Crippen molar-refractivity contribution in [1.82, 2.24) is 5.32 Å². The summed E-state index contributed by atoms with van der Waals surface area (Å²) in [5.74, 6) is 0. The van der Waals surface area contributed by atoms with Gasteiger partial charge in [0.25, 0.3) is 0 Å². The predicted molar refractivity (Wildman–Crippen MR) is 74.7 cm³/mol. The largest absolute Gasteiger partial charge is 1.00 e. The van der Waals surface area contributed by atoms with E-state index < -0.39 is 5.60 Å². The van der Waals surface area contributed by atoms with Crippen molar-refractivity contribution in [2.24, 2.45) is 0 Å². The van der Waals surface area contributed by atoms with Gasteiger partial charge in [-0.2, -0.15) is 0 Å². The summed E-state index contributed by atoms with van der Waals surface area (Å²) in [6.45, 7) is 0.939. The first kappa shape index (κ1) is 15.7. The molecule has 1 aliphatic heterocycles. The Morgan fingerprint density at radius 3 is 1.80 bits per heavy atom. The zero-order chi connectivity index (χ0) is 13.1. The summed E-state index contributed by atoms with van der Waals surface area (Å²) in [5.41, 5.74) is 0.500. The van der Waals surface area contributed by atoms with Crippen molar-refractivity contribution in [3.8, 4) is 0 Å². The van der Waals surface area contributed by atoms with Crippen LogP contribution in [0.4, 0.5) is 0 Å². The van der Waals surface area contributed by atoms with Gasteiger partial charge < -0.3 is 10.4 Å². The van der Waals surface area contributed by atoms with Crippen molar-refractivity contribution >= 4 is 0 Å². The van der Waals surface area contributed by atoms with Crippen LogP contribution in [0.2, 0.25) is 0 Å². The van der Waals surface area contributed by atoms with Crippen LogP contribution in [-0.4, -0.2) is 12.6 Å². The van der Waals surface area contributed by atoms with E-state index in [1.807, 2.05) is 60.7 Å². The molecule has 1 aliphatic rings. The molecule has 20 heavy (non-hydrogen) atoms. The average Bonchev–Trinajstić information content (AvgIpc) is 3.03. The molecule has 3 heteroatoms. The van der Waals surface area contributed by atoms with Crippen molar-refractivity contribution in [2.75, 3.05) is 6.54 Å². The van der Waals surface area contributed by atoms with E-state index in [4.69, 9.17) is 0 Å². The predicted octanol–water partition coefficient (Wildman–Crippen LogP) is -0.953. The van der Waals surface area contributed by atoms with Crippen LogP contribution in [-0.2, 0) is 5.60 Å². The van der Waals surface area contributed by atoms with Crippen LogP contribution in [0, 0.1) is 0 Å². The number of rotatable bonds is 3. The van der Waals surface area contributed by atoms with Gasteiger partial charge in [-0.15, -0.1) is 0 Å². The fraction of sp³-hybridized carbons (Fsp3) is 0.294. The van der Waals surface area contributed by atoms with Crippen LogP contribution in [0.3, 0.4) is 0 Å². The molecular formula is C17H18NNaO. The van der Waals surface area contributed by atoms with Gasteiger partial charge in [0.2, 0.25) is 0 Å². The molecule has 2 aromatic carbocycles. The van der Waals surface area contributed by atoms with E-state index in [-0.39, 0.29) is 35.6 Å². The molecule has 0 radical (unpaired) electrons. The second-order valence-corrected chi connectivity index (χ2v) is 5.12. The zero-order valence-electron chi connectivity index (χ0n) is 11.9. The molecule has 1 fully saturated rings. The minimum Gasteiger partial charge on any atom is -0.841 e. The molecule has 2 aromatic rings. The molecular weight excluding hydrogens is 257 g/mol. The molecule has 1 atom stereocenters. The van der Waals surface area contributed by atoms with Crippen molar-refractivity contribution in [1.29, 1.82) is 0 Å². The van der Waals surface area contributed by atoms with Gasteiger partial charge in [-0.1, -0.05) is 71.8 Å². The molecule has 0 unspecified atom stereocenters. The van der Waals surface area contributed by atoms with Crippen LogP contribution in [0.1, 0.15) is 24.0 Å². The maximum atomic E-state index is 13.6. The van der Waals surface area contributed by atoms with E-state index in [1.165, 1.54) is 0 Å². The molecule has 3 rings (SSSR count). The first-order chi connectivity index (χ1) is 9.32. The van der Waals surface area contributed by atoms with E-state index in [0.29, 0.717) is 0 Å². The third kappa shape index (κ3) is 2.85. The number of benzene rings is 2. The second kappa shape index (κ2) is 6.88. The Balaban J connectivity index is 0.00000147. The van der Waals surface area contributed by atoms with Crippen molar-refractivity contribution in [2.45, 2.75) is 24.5 Å². The smallest absolute Gasteiger partial charge is 0.841 e. The van der Waals surface area contributed by atoms with E-state index in [0.717, 1.165) is 30.5 Å². The molecule has 0 saturated carbocycles. The molecule has 98 valence electrons. The fourth-order valence-corrected chi connectivity index (χ4v) is 2.97. The summed E-state index contributed by atoms with van der Waals surface area (Å²) in [6, 6.07) is 19.4. The van der Waals surface area contributed by atoms with Gasteiger partial charge in [-0.3, -0.25) is 0 Å². The molecule has 1 N–H and O–H groups in total. The van der Waals surface area contributed by atoms with Crippen molar-refractivity contribution < 1.29 is 34.7 Å². The molecule has 0 aromatic heterocycles. The first-order valence-corrected chi connectivity index (χ1v) is 6.86. The van der Waals surface area contributed by atoms with Crippen molar-refractivity contribution in [3.05, 3.63) is 71.8 Å². The number of nitrogens with one attached hydrogen (secondary N) is 1. The monoisotopic (exact) mass is 275 g/mol.